The van der Waals surface area contributed by atoms with E-state index < -0.39 is 18.5 Å². The molecule has 2 aliphatic rings. The number of nitrogens with zero attached hydrogens (tertiary/aromatic N) is 2. The first-order valence-corrected chi connectivity index (χ1v) is 12.7. The van der Waals surface area contributed by atoms with Gasteiger partial charge in [-0.2, -0.15) is 5.10 Å². The molecule has 0 N–H and O–H groups in total. The Morgan fingerprint density at radius 2 is 1.67 bits per heavy atom. The Hall–Kier alpha value is -4.85. The Labute approximate surface area is 225 Å². The van der Waals surface area contributed by atoms with E-state index in [0.29, 0.717) is 31.1 Å². The molecule has 4 aromatic rings. The second kappa shape index (κ2) is 10.5. The highest BCUT2D eigenvalue weighted by Gasteiger charge is 2.34. The smallest absolute Gasteiger partial charge is 0.338 e. The van der Waals surface area contributed by atoms with E-state index in [9.17, 15) is 9.59 Å². The summed E-state index contributed by atoms with van der Waals surface area (Å²) in [4.78, 5) is 26.1. The predicted octanol–water partition coefficient (Wildman–Crippen LogP) is 5.15. The third kappa shape index (κ3) is 5.01. The summed E-state index contributed by atoms with van der Waals surface area (Å²) in [5.74, 6) is 0.727. The number of carbonyl (C=O) groups excluding carboxylic acids is 2. The summed E-state index contributed by atoms with van der Waals surface area (Å²) >= 11 is 0. The number of hydrogen-bond donors (Lipinski definition) is 0. The molecule has 1 atom stereocenters. The maximum atomic E-state index is 13.4. The van der Waals surface area contributed by atoms with E-state index in [1.807, 2.05) is 42.5 Å². The van der Waals surface area contributed by atoms with Crippen LogP contribution in [0.25, 0.3) is 10.8 Å². The van der Waals surface area contributed by atoms with E-state index in [1.54, 1.807) is 25.3 Å². The predicted molar refractivity (Wildman–Crippen MR) is 145 cm³/mol. The van der Waals surface area contributed by atoms with Gasteiger partial charge in [0.25, 0.3) is 5.91 Å². The van der Waals surface area contributed by atoms with E-state index in [0.717, 1.165) is 33.4 Å². The molecule has 8 heteroatoms. The van der Waals surface area contributed by atoms with E-state index in [2.05, 4.69) is 24.3 Å². The number of hydrogen-bond acceptors (Lipinski definition) is 7. The molecule has 6 rings (SSSR count). The zero-order valence-electron chi connectivity index (χ0n) is 21.3. The molecule has 8 nitrogen and oxygen atoms in total. The van der Waals surface area contributed by atoms with E-state index in [-0.39, 0.29) is 11.6 Å². The molecule has 1 unspecified atom stereocenters. The zero-order valence-corrected chi connectivity index (χ0v) is 21.3. The van der Waals surface area contributed by atoms with E-state index in [4.69, 9.17) is 24.0 Å². The van der Waals surface area contributed by atoms with Crippen LogP contribution in [0.4, 0.5) is 0 Å². The number of fused-ring (bicyclic) bond motifs is 2. The topological polar surface area (TPSA) is 86.7 Å². The minimum Gasteiger partial charge on any atom is -0.497 e. The minimum atomic E-state index is -0.626. The van der Waals surface area contributed by atoms with Gasteiger partial charge in [0.1, 0.15) is 19.0 Å². The van der Waals surface area contributed by atoms with Crippen LogP contribution >= 0.6 is 0 Å². The van der Waals surface area contributed by atoms with Gasteiger partial charge in [-0.3, -0.25) is 4.79 Å². The van der Waals surface area contributed by atoms with E-state index >= 15 is 0 Å². The first-order valence-electron chi connectivity index (χ1n) is 12.7. The van der Waals surface area contributed by atoms with Crippen molar-refractivity contribution in [3.8, 4) is 17.2 Å². The van der Waals surface area contributed by atoms with Gasteiger partial charge in [0.15, 0.2) is 18.1 Å². The monoisotopic (exact) mass is 522 g/mol. The molecule has 2 heterocycles. The molecule has 0 spiro atoms. The highest BCUT2D eigenvalue weighted by Crippen LogP contribution is 2.35. The molecule has 0 aliphatic carbocycles. The van der Waals surface area contributed by atoms with Crippen LogP contribution in [0.15, 0.2) is 90.0 Å². The van der Waals surface area contributed by atoms with Crippen molar-refractivity contribution in [1.82, 2.24) is 5.01 Å². The molecular formula is C31H26N2O6. The number of benzene rings is 4. The lowest BCUT2D eigenvalue weighted by molar-refractivity contribution is -0.136. The van der Waals surface area contributed by atoms with Crippen molar-refractivity contribution in [3.05, 3.63) is 102 Å². The fourth-order valence-electron chi connectivity index (χ4n) is 4.82. The molecule has 0 aromatic heterocycles. The summed E-state index contributed by atoms with van der Waals surface area (Å²) in [6, 6.07) is 26.3. The Kier molecular flexibility index (Phi) is 6.59. The third-order valence-electron chi connectivity index (χ3n) is 6.85. The first-order chi connectivity index (χ1) is 19.1. The summed E-state index contributed by atoms with van der Waals surface area (Å²) in [7, 11) is 1.61. The van der Waals surface area contributed by atoms with Gasteiger partial charge in [-0.1, -0.05) is 48.5 Å². The summed E-state index contributed by atoms with van der Waals surface area (Å²) in [5, 5.41) is 8.36. The maximum Gasteiger partial charge on any atom is 0.338 e. The van der Waals surface area contributed by atoms with Crippen LogP contribution < -0.4 is 14.2 Å². The maximum absolute atomic E-state index is 13.4. The van der Waals surface area contributed by atoms with Crippen LogP contribution in [0.1, 0.15) is 33.9 Å². The van der Waals surface area contributed by atoms with Gasteiger partial charge >= 0.3 is 5.97 Å². The number of methoxy groups -OCH3 is 1. The molecule has 0 radical (unpaired) electrons. The molecular weight excluding hydrogens is 496 g/mol. The van der Waals surface area contributed by atoms with Crippen molar-refractivity contribution in [3.63, 3.8) is 0 Å². The number of carbonyl (C=O) groups is 2. The van der Waals surface area contributed by atoms with Gasteiger partial charge in [0.2, 0.25) is 0 Å². The van der Waals surface area contributed by atoms with Gasteiger partial charge in [0, 0.05) is 6.42 Å². The number of amides is 1. The largest absolute Gasteiger partial charge is 0.497 e. The minimum absolute atomic E-state index is 0.278. The van der Waals surface area contributed by atoms with Gasteiger partial charge in [0.05, 0.1) is 24.4 Å². The Morgan fingerprint density at radius 1 is 0.897 bits per heavy atom. The standard InChI is InChI=1S/C31H26N2O6/c1-36-25-11-8-21(9-12-25)27-18-26(23-7-6-20-4-2-3-5-22(20)16-23)32-33(27)30(34)19-39-31(35)24-10-13-28-29(17-24)38-15-14-37-28/h2-13,16-17,27H,14-15,18-19H2,1H3. The van der Waals surface area contributed by atoms with E-state index in [1.165, 1.54) is 5.01 Å². The van der Waals surface area contributed by atoms with Crippen molar-refractivity contribution in [2.45, 2.75) is 12.5 Å². The summed E-state index contributed by atoms with van der Waals surface area (Å²) in [6.07, 6.45) is 0.520. The van der Waals surface area contributed by atoms with Gasteiger partial charge in [-0.25, -0.2) is 9.80 Å². The quantitative estimate of drug-likeness (QED) is 0.326. The van der Waals surface area contributed by atoms with Crippen molar-refractivity contribution < 1.29 is 28.5 Å². The fraction of sp³-hybridized carbons (Fsp3) is 0.194. The van der Waals surface area contributed by atoms with Crippen LogP contribution in [0.2, 0.25) is 0 Å². The lowest BCUT2D eigenvalue weighted by atomic mass is 9.97. The summed E-state index contributed by atoms with van der Waals surface area (Å²) in [5.41, 5.74) is 2.91. The summed E-state index contributed by atoms with van der Waals surface area (Å²) < 4.78 is 21.7. The van der Waals surface area contributed by atoms with Crippen LogP contribution in [0.3, 0.4) is 0 Å². The number of ether oxygens (including phenoxy) is 4. The Morgan fingerprint density at radius 3 is 2.46 bits per heavy atom. The highest BCUT2D eigenvalue weighted by molar-refractivity contribution is 6.05. The lowest BCUT2D eigenvalue weighted by Gasteiger charge is -2.22. The van der Waals surface area contributed by atoms with Crippen molar-refractivity contribution in [2.24, 2.45) is 5.10 Å². The van der Waals surface area contributed by atoms with Crippen LogP contribution in [0, 0.1) is 0 Å². The number of rotatable bonds is 6. The average Bonchev–Trinajstić information content (AvgIpc) is 3.45. The molecule has 4 aromatic carbocycles. The van der Waals surface area contributed by atoms with Crippen LogP contribution in [-0.4, -0.2) is 49.5 Å². The van der Waals surface area contributed by atoms with Gasteiger partial charge in [-0.15, -0.1) is 0 Å². The van der Waals surface area contributed by atoms with Crippen molar-refractivity contribution >= 4 is 28.4 Å². The second-order valence-electron chi connectivity index (χ2n) is 9.27. The average molecular weight is 523 g/mol. The number of esters is 1. The van der Waals surface area contributed by atoms with Crippen molar-refractivity contribution in [1.29, 1.82) is 0 Å². The zero-order chi connectivity index (χ0) is 26.8. The number of hydrazone groups is 1. The highest BCUT2D eigenvalue weighted by atomic mass is 16.6. The molecule has 0 saturated carbocycles. The van der Waals surface area contributed by atoms with Crippen molar-refractivity contribution in [2.75, 3.05) is 26.9 Å². The molecule has 39 heavy (non-hydrogen) atoms. The molecule has 1 amide bonds. The third-order valence-corrected chi connectivity index (χ3v) is 6.85. The normalized spacial score (nSPS) is 16.1. The molecule has 196 valence electrons. The molecule has 0 saturated heterocycles. The first kappa shape index (κ1) is 24.5. The Balaban J connectivity index is 1.23. The fourth-order valence-corrected chi connectivity index (χ4v) is 4.82. The SMILES string of the molecule is COc1ccc(C2CC(c3ccc4ccccc4c3)=NN2C(=O)COC(=O)c2ccc3c(c2)OCCO3)cc1. The van der Waals surface area contributed by atoms with Crippen LogP contribution in [-0.2, 0) is 9.53 Å². The lowest BCUT2D eigenvalue weighted by Crippen LogP contribution is -2.31. The molecule has 0 bridgehead atoms. The van der Waals surface area contributed by atoms with Gasteiger partial charge < -0.3 is 18.9 Å². The molecule has 2 aliphatic heterocycles. The summed E-state index contributed by atoms with van der Waals surface area (Å²) in [6.45, 7) is 0.413. The second-order valence-corrected chi connectivity index (χ2v) is 9.27. The molecule has 0 fully saturated rings. The van der Waals surface area contributed by atoms with Crippen LogP contribution in [0.5, 0.6) is 17.2 Å². The van der Waals surface area contributed by atoms with Gasteiger partial charge in [-0.05, 0) is 58.3 Å². The Bertz CT molecular complexity index is 1580.